The maximum absolute atomic E-state index is 13.4. The van der Waals surface area contributed by atoms with Gasteiger partial charge in [-0.1, -0.05) is 142 Å². The van der Waals surface area contributed by atoms with Crippen molar-refractivity contribution in [2.75, 3.05) is 78.5 Å². The second-order valence-electron chi connectivity index (χ2n) is 33.2. The van der Waals surface area contributed by atoms with Gasteiger partial charge in [0.2, 0.25) is 29.5 Å². The fraction of sp³-hybridized carbons (Fsp3) is 0.709. The van der Waals surface area contributed by atoms with E-state index >= 15 is 0 Å². The Morgan fingerprint density at radius 3 is 1.30 bits per heavy atom. The van der Waals surface area contributed by atoms with Gasteiger partial charge in [-0.25, -0.2) is 0 Å². The SMILES string of the molecule is CC(C)(C)CCN1CCC2(CC[C@H](NC(=O)CCN3CCCC3=O)c3ccccc32)CC1.CC(C)CCN1CCC2(CC[C@H](NC(=O)C3CC3)c3ccccc32)CC1.CC(C)[C@@H](C(=O)N[C@@H]1CCC2(CCN(CCC(C)(C)C)CC2)c2ccccc21)N1CCCC1=O.[HH].[HH].[HH]. The van der Waals surface area contributed by atoms with Crippen LogP contribution in [-0.2, 0) is 40.2 Å². The van der Waals surface area contributed by atoms with Crippen LogP contribution in [0.1, 0.15) is 266 Å². The minimum Gasteiger partial charge on any atom is -0.349 e. The summed E-state index contributed by atoms with van der Waals surface area (Å²) in [6.45, 7) is 35.5. The molecule has 3 aromatic rings. The molecule has 5 amide bonds. The van der Waals surface area contributed by atoms with Gasteiger partial charge in [0.05, 0.1) is 18.1 Å². The molecule has 3 aromatic carbocycles. The van der Waals surface area contributed by atoms with E-state index in [0.29, 0.717) is 54.5 Å². The predicted octanol–water partition coefficient (Wildman–Crippen LogP) is 14.6. The van der Waals surface area contributed by atoms with Gasteiger partial charge in [0, 0.05) is 49.1 Å². The Bertz CT molecular complexity index is 2990. The van der Waals surface area contributed by atoms with Gasteiger partial charge in [0.25, 0.3) is 0 Å². The molecule has 5 aliphatic heterocycles. The number of piperidine rings is 3. The number of nitrogens with zero attached hydrogens (tertiary/aromatic N) is 5. The summed E-state index contributed by atoms with van der Waals surface area (Å²) in [7, 11) is 0. The summed E-state index contributed by atoms with van der Waals surface area (Å²) in [4.78, 5) is 74.2. The van der Waals surface area contributed by atoms with Crippen LogP contribution >= 0.6 is 0 Å². The summed E-state index contributed by atoms with van der Waals surface area (Å²) in [5.41, 5.74) is 10.0. The van der Waals surface area contributed by atoms with Crippen molar-refractivity contribution in [3.8, 4) is 0 Å². The zero-order valence-corrected chi connectivity index (χ0v) is 58.8. The third-order valence-corrected chi connectivity index (χ3v) is 23.3. The number of fused-ring (bicyclic) bond motifs is 6. The molecule has 9 aliphatic rings. The molecule has 3 N–H and O–H groups in total. The Morgan fingerprint density at radius 1 is 0.500 bits per heavy atom. The Kier molecular flexibility index (Phi) is 23.0. The first kappa shape index (κ1) is 69.7. The van der Waals surface area contributed by atoms with Crippen molar-refractivity contribution in [1.29, 1.82) is 0 Å². The topological polar surface area (TPSA) is 138 Å². The van der Waals surface area contributed by atoms with Crippen molar-refractivity contribution in [2.45, 2.75) is 251 Å². The summed E-state index contributed by atoms with van der Waals surface area (Å²) < 4.78 is 0. The number of amides is 5. The first-order chi connectivity index (χ1) is 43.9. The van der Waals surface area contributed by atoms with Crippen molar-refractivity contribution in [2.24, 2.45) is 28.6 Å². The Labute approximate surface area is 559 Å². The number of hydrogen-bond acceptors (Lipinski definition) is 8. The van der Waals surface area contributed by atoms with Crippen LogP contribution in [0.4, 0.5) is 0 Å². The molecule has 0 unspecified atom stereocenters. The van der Waals surface area contributed by atoms with Crippen molar-refractivity contribution in [3.05, 3.63) is 106 Å². The maximum atomic E-state index is 13.4. The number of likely N-dealkylation sites (tertiary alicyclic amines) is 5. The summed E-state index contributed by atoms with van der Waals surface area (Å²) in [6.07, 6.45) is 23.3. The monoisotopic (exact) mass is 1270 g/mol. The van der Waals surface area contributed by atoms with Gasteiger partial charge in [-0.3, -0.25) is 24.0 Å². The highest BCUT2D eigenvalue weighted by Gasteiger charge is 2.47. The minimum atomic E-state index is -0.371. The van der Waals surface area contributed by atoms with Crippen molar-refractivity contribution in [1.82, 2.24) is 40.4 Å². The average molecular weight is 1270 g/mol. The van der Waals surface area contributed by atoms with Crippen LogP contribution in [-0.4, -0.2) is 139 Å². The first-order valence-corrected chi connectivity index (χ1v) is 36.9. The molecule has 12 rings (SSSR count). The van der Waals surface area contributed by atoms with Crippen LogP contribution in [0, 0.1) is 28.6 Å². The summed E-state index contributed by atoms with van der Waals surface area (Å²) in [5, 5.41) is 10.0. The molecule has 6 fully saturated rings. The van der Waals surface area contributed by atoms with Gasteiger partial charge in [-0.2, -0.15) is 0 Å². The number of benzene rings is 3. The molecule has 3 spiro atoms. The lowest BCUT2D eigenvalue weighted by molar-refractivity contribution is -0.139. The highest BCUT2D eigenvalue weighted by atomic mass is 16.2. The molecule has 4 aliphatic carbocycles. The zero-order chi connectivity index (χ0) is 65.4. The largest absolute Gasteiger partial charge is 0.349 e. The van der Waals surface area contributed by atoms with Crippen LogP contribution in [0.2, 0.25) is 0 Å². The van der Waals surface area contributed by atoms with E-state index in [1.165, 1.54) is 143 Å². The molecule has 0 aromatic heterocycles. The van der Waals surface area contributed by atoms with Crippen molar-refractivity contribution >= 4 is 29.5 Å². The number of carbonyl (C=O) groups excluding carboxylic acids is 5. The highest BCUT2D eigenvalue weighted by Crippen LogP contribution is 2.51. The normalized spacial score (nSPS) is 24.1. The lowest BCUT2D eigenvalue weighted by Gasteiger charge is -2.47. The van der Waals surface area contributed by atoms with Crippen molar-refractivity contribution in [3.63, 3.8) is 0 Å². The highest BCUT2D eigenvalue weighted by molar-refractivity contribution is 5.89. The molecular weight excluding hydrogens is 1140 g/mol. The van der Waals surface area contributed by atoms with Gasteiger partial charge >= 0.3 is 0 Å². The lowest BCUT2D eigenvalue weighted by atomic mass is 9.63. The van der Waals surface area contributed by atoms with E-state index in [1.54, 1.807) is 0 Å². The van der Waals surface area contributed by atoms with E-state index in [9.17, 15) is 24.0 Å². The summed E-state index contributed by atoms with van der Waals surface area (Å²) >= 11 is 0. The number of nitrogens with one attached hydrogen (secondary N) is 3. The predicted molar refractivity (Wildman–Crippen MR) is 378 cm³/mol. The van der Waals surface area contributed by atoms with Crippen molar-refractivity contribution < 1.29 is 28.3 Å². The third kappa shape index (κ3) is 17.5. The van der Waals surface area contributed by atoms with E-state index in [1.807, 2.05) is 23.6 Å². The van der Waals surface area contributed by atoms with Crippen LogP contribution < -0.4 is 16.0 Å². The quantitative estimate of drug-likeness (QED) is 0.122. The van der Waals surface area contributed by atoms with E-state index in [4.69, 9.17) is 0 Å². The number of rotatable bonds is 17. The molecule has 92 heavy (non-hydrogen) atoms. The van der Waals surface area contributed by atoms with E-state index in [0.717, 1.165) is 83.3 Å². The zero-order valence-electron chi connectivity index (χ0n) is 58.8. The minimum absolute atomic E-state index is 0. The average Bonchev–Trinajstić information content (AvgIpc) is 1.39. The van der Waals surface area contributed by atoms with Crippen LogP contribution in [0.3, 0.4) is 0 Å². The summed E-state index contributed by atoms with van der Waals surface area (Å²) in [5.74, 6) is 1.86. The lowest BCUT2D eigenvalue weighted by Crippen LogP contribution is -2.52. The Balaban J connectivity index is 0.000000200. The molecule has 1 saturated carbocycles. The van der Waals surface area contributed by atoms with Crippen LogP contribution in [0.15, 0.2) is 72.8 Å². The standard InChI is InChI=1S/C29H45N3O2.C27H41N3O2.C23H34N2O.3H2/c1-21(2)26(32-17-8-11-25(32)33)27(34)30-24-12-13-29(23-10-7-6-9-22(23)24)15-19-31(20-16-29)18-14-28(3,4)5;1-26(2,3)13-18-29-19-14-27(15-20-29)12-10-23(21-7-4-5-8-22(21)27)28-24(31)11-17-30-16-6-9-25(30)32;1-17(2)10-14-25-15-12-23(13-16-25)11-9-21(24-22(26)18-7-8-18)19-5-3-4-6-20(19)23;;;/h6-7,9-10,21,24,26H,8,11-20H2,1-5H3,(H,30,34);4-5,7-8,23H,6,9-20H2,1-3H3,(H,28,31);3-6,17-18,21H,7-16H2,1-2H3,(H,24,26);3*1H/t24-,26+;23-;21-;;;/m100.../s1. The maximum Gasteiger partial charge on any atom is 0.243 e. The second-order valence-corrected chi connectivity index (χ2v) is 33.2. The van der Waals surface area contributed by atoms with Gasteiger partial charge < -0.3 is 40.4 Å². The molecule has 512 valence electrons. The second kappa shape index (κ2) is 30.3. The van der Waals surface area contributed by atoms with Gasteiger partial charge in [-0.05, 0) is 253 Å². The molecule has 0 bridgehead atoms. The third-order valence-electron chi connectivity index (χ3n) is 23.3. The number of carbonyl (C=O) groups is 5. The summed E-state index contributed by atoms with van der Waals surface area (Å²) in [6, 6.07) is 26.5. The molecule has 0 radical (unpaired) electrons. The van der Waals surface area contributed by atoms with E-state index in [2.05, 4.69) is 159 Å². The van der Waals surface area contributed by atoms with Crippen LogP contribution in [0.25, 0.3) is 0 Å². The number of hydrogen-bond donors (Lipinski definition) is 3. The Hall–Kier alpha value is -5.11. The Morgan fingerprint density at radius 2 is 0.913 bits per heavy atom. The van der Waals surface area contributed by atoms with E-state index in [-0.39, 0.29) is 74.7 Å². The fourth-order valence-corrected chi connectivity index (χ4v) is 17.1. The molecular formula is C79H126N8O5. The molecule has 5 saturated heterocycles. The van der Waals surface area contributed by atoms with Gasteiger partial charge in [0.15, 0.2) is 0 Å². The van der Waals surface area contributed by atoms with Gasteiger partial charge in [0.1, 0.15) is 6.04 Å². The fourth-order valence-electron chi connectivity index (χ4n) is 17.1. The smallest absolute Gasteiger partial charge is 0.243 e. The molecule has 4 atom stereocenters. The van der Waals surface area contributed by atoms with Crippen LogP contribution in [0.5, 0.6) is 0 Å². The first-order valence-electron chi connectivity index (χ1n) is 36.9. The molecule has 13 heteroatoms. The van der Waals surface area contributed by atoms with Gasteiger partial charge in [-0.15, -0.1) is 0 Å². The molecule has 5 heterocycles. The van der Waals surface area contributed by atoms with E-state index < -0.39 is 0 Å². The molecule has 13 nitrogen and oxygen atoms in total.